The van der Waals surface area contributed by atoms with Gasteiger partial charge >= 0.3 is 5.97 Å². The highest BCUT2D eigenvalue weighted by Gasteiger charge is 2.53. The van der Waals surface area contributed by atoms with Crippen LogP contribution < -0.4 is 16.4 Å². The van der Waals surface area contributed by atoms with Crippen LogP contribution in [0.15, 0.2) is 30.3 Å². The van der Waals surface area contributed by atoms with Crippen molar-refractivity contribution in [2.45, 2.75) is 69.7 Å². The molecule has 2 saturated heterocycles. The summed E-state index contributed by atoms with van der Waals surface area (Å²) in [4.78, 5) is 40.1. The van der Waals surface area contributed by atoms with E-state index in [1.54, 1.807) is 4.90 Å². The van der Waals surface area contributed by atoms with E-state index in [4.69, 9.17) is 10.5 Å². The summed E-state index contributed by atoms with van der Waals surface area (Å²) in [6, 6.07) is 8.21. The van der Waals surface area contributed by atoms with Gasteiger partial charge in [-0.1, -0.05) is 37.3 Å². The number of carbonyl (C=O) groups excluding carboxylic acids is 3. The minimum Gasteiger partial charge on any atom is -0.461 e. The number of nitrogens with one attached hydrogen (secondary N) is 2. The molecule has 3 rings (SSSR count). The van der Waals surface area contributed by atoms with E-state index in [-0.39, 0.29) is 30.8 Å². The van der Waals surface area contributed by atoms with E-state index < -0.39 is 17.6 Å². The molecule has 31 heavy (non-hydrogen) atoms. The van der Waals surface area contributed by atoms with Crippen LogP contribution in [0.3, 0.4) is 0 Å². The minimum atomic E-state index is -0.768. The molecule has 1 aromatic rings. The Morgan fingerprint density at radius 2 is 1.97 bits per heavy atom. The van der Waals surface area contributed by atoms with Crippen molar-refractivity contribution < 1.29 is 19.1 Å². The van der Waals surface area contributed by atoms with Crippen molar-refractivity contribution in [1.29, 1.82) is 0 Å². The van der Waals surface area contributed by atoms with Gasteiger partial charge in [0, 0.05) is 19.0 Å². The minimum absolute atomic E-state index is 0.107. The molecule has 0 bridgehead atoms. The lowest BCUT2D eigenvalue weighted by Gasteiger charge is -2.51. The van der Waals surface area contributed by atoms with Crippen molar-refractivity contribution in [3.63, 3.8) is 0 Å². The molecule has 1 unspecified atom stereocenters. The van der Waals surface area contributed by atoms with Crippen LogP contribution in [0.4, 0.5) is 0 Å². The Hall–Kier alpha value is -2.45. The second-order valence-electron chi connectivity index (χ2n) is 8.42. The molecule has 2 heterocycles. The maximum Gasteiger partial charge on any atom is 0.306 e. The summed E-state index contributed by atoms with van der Waals surface area (Å²) in [6.07, 6.45) is 3.18. The molecule has 0 saturated carbocycles. The molecule has 0 radical (unpaired) electrons. The topological polar surface area (TPSA) is 114 Å². The van der Waals surface area contributed by atoms with E-state index in [0.29, 0.717) is 45.3 Å². The van der Waals surface area contributed by atoms with Gasteiger partial charge in [0.2, 0.25) is 11.8 Å². The molecule has 2 aliphatic heterocycles. The molecule has 8 heteroatoms. The van der Waals surface area contributed by atoms with Crippen molar-refractivity contribution in [2.24, 2.45) is 5.73 Å². The van der Waals surface area contributed by atoms with Gasteiger partial charge < -0.3 is 26.0 Å². The molecule has 2 atom stereocenters. The van der Waals surface area contributed by atoms with Gasteiger partial charge in [0.15, 0.2) is 0 Å². The molecular formula is C23H34N4O4. The lowest BCUT2D eigenvalue weighted by Crippen LogP contribution is -2.75. The number of esters is 1. The second-order valence-corrected chi connectivity index (χ2v) is 8.42. The first kappa shape index (κ1) is 23.2. The number of carbonyl (C=O) groups is 3. The Balaban J connectivity index is 1.51. The van der Waals surface area contributed by atoms with Crippen LogP contribution in [0.5, 0.6) is 0 Å². The fraction of sp³-hybridized carbons (Fsp3) is 0.609. The van der Waals surface area contributed by atoms with Gasteiger partial charge in [0.1, 0.15) is 18.2 Å². The fourth-order valence-corrected chi connectivity index (χ4v) is 4.47. The highest BCUT2D eigenvalue weighted by Crippen LogP contribution is 2.31. The van der Waals surface area contributed by atoms with Gasteiger partial charge in [0.25, 0.3) is 0 Å². The molecule has 1 spiro atoms. The lowest BCUT2D eigenvalue weighted by atomic mass is 9.81. The molecule has 2 amide bonds. The van der Waals surface area contributed by atoms with Crippen LogP contribution in [0.25, 0.3) is 0 Å². The average Bonchev–Trinajstić information content (AvgIpc) is 2.79. The third-order valence-electron chi connectivity index (χ3n) is 6.23. The maximum atomic E-state index is 13.3. The smallest absolute Gasteiger partial charge is 0.306 e. The summed E-state index contributed by atoms with van der Waals surface area (Å²) in [5.41, 5.74) is 6.47. The van der Waals surface area contributed by atoms with Crippen molar-refractivity contribution >= 4 is 17.8 Å². The SMILES string of the molecule is CCCN1C(=O)[C@H](C(N)CCCC(=O)OCc2ccccc2)NC(=O)C12CCNCC2. The molecule has 8 nitrogen and oxygen atoms in total. The zero-order valence-electron chi connectivity index (χ0n) is 18.3. The van der Waals surface area contributed by atoms with E-state index in [0.717, 1.165) is 12.0 Å². The van der Waals surface area contributed by atoms with E-state index in [1.807, 2.05) is 37.3 Å². The van der Waals surface area contributed by atoms with E-state index >= 15 is 0 Å². The highest BCUT2D eigenvalue weighted by molar-refractivity contribution is 6.00. The fourth-order valence-electron chi connectivity index (χ4n) is 4.47. The number of amides is 2. The second kappa shape index (κ2) is 10.7. The van der Waals surface area contributed by atoms with Gasteiger partial charge in [-0.2, -0.15) is 0 Å². The summed E-state index contributed by atoms with van der Waals surface area (Å²) in [5.74, 6) is -0.511. The molecule has 2 fully saturated rings. The maximum absolute atomic E-state index is 13.3. The number of hydrogen-bond donors (Lipinski definition) is 3. The molecule has 4 N–H and O–H groups in total. The van der Waals surface area contributed by atoms with Crippen molar-refractivity contribution in [3.8, 4) is 0 Å². The third kappa shape index (κ3) is 5.43. The van der Waals surface area contributed by atoms with E-state index in [9.17, 15) is 14.4 Å². The van der Waals surface area contributed by atoms with Crippen LogP contribution >= 0.6 is 0 Å². The number of rotatable bonds is 9. The molecule has 1 aromatic carbocycles. The molecule has 0 aromatic heterocycles. The standard InChI is InChI=1S/C23H34N4O4/c1-2-15-27-21(29)20(26-22(30)23(27)11-13-25-14-12-23)18(24)9-6-10-19(28)31-16-17-7-4-3-5-8-17/h3-5,7-8,18,20,25H,2,6,9-16,24H2,1H3,(H,26,30)/t18?,20-/m0/s1. The number of ether oxygens (including phenoxy) is 1. The summed E-state index contributed by atoms with van der Waals surface area (Å²) < 4.78 is 5.29. The monoisotopic (exact) mass is 430 g/mol. The van der Waals surface area contributed by atoms with Gasteiger partial charge in [-0.15, -0.1) is 0 Å². The summed E-state index contributed by atoms with van der Waals surface area (Å²) in [6.45, 7) is 4.21. The predicted molar refractivity (Wildman–Crippen MR) is 117 cm³/mol. The number of piperazine rings is 1. The molecule has 170 valence electrons. The quantitative estimate of drug-likeness (QED) is 0.506. The number of nitrogens with zero attached hydrogens (tertiary/aromatic N) is 1. The Morgan fingerprint density at radius 1 is 1.26 bits per heavy atom. The first-order valence-corrected chi connectivity index (χ1v) is 11.3. The Kier molecular flexibility index (Phi) is 8.03. The molecule has 0 aliphatic carbocycles. The Labute approximate surface area is 183 Å². The first-order chi connectivity index (χ1) is 15.0. The summed E-state index contributed by atoms with van der Waals surface area (Å²) >= 11 is 0. The predicted octanol–water partition coefficient (Wildman–Crippen LogP) is 1.09. The summed E-state index contributed by atoms with van der Waals surface area (Å²) in [5, 5.41) is 6.16. The number of hydrogen-bond acceptors (Lipinski definition) is 6. The highest BCUT2D eigenvalue weighted by atomic mass is 16.5. The zero-order valence-corrected chi connectivity index (χ0v) is 18.3. The van der Waals surface area contributed by atoms with Crippen LogP contribution in [0.1, 0.15) is 51.0 Å². The van der Waals surface area contributed by atoms with Crippen LogP contribution in [0, 0.1) is 0 Å². The van der Waals surface area contributed by atoms with E-state index in [2.05, 4.69) is 10.6 Å². The van der Waals surface area contributed by atoms with Crippen LogP contribution in [0.2, 0.25) is 0 Å². The summed E-state index contributed by atoms with van der Waals surface area (Å²) in [7, 11) is 0. The first-order valence-electron chi connectivity index (χ1n) is 11.3. The largest absolute Gasteiger partial charge is 0.461 e. The normalized spacial score (nSPS) is 21.6. The van der Waals surface area contributed by atoms with Gasteiger partial charge in [0.05, 0.1) is 0 Å². The van der Waals surface area contributed by atoms with Crippen molar-refractivity contribution in [1.82, 2.24) is 15.5 Å². The third-order valence-corrected chi connectivity index (χ3v) is 6.23. The number of benzene rings is 1. The van der Waals surface area contributed by atoms with Crippen molar-refractivity contribution in [3.05, 3.63) is 35.9 Å². The Morgan fingerprint density at radius 3 is 2.65 bits per heavy atom. The van der Waals surface area contributed by atoms with Crippen LogP contribution in [-0.4, -0.2) is 59.9 Å². The average molecular weight is 431 g/mol. The molecular weight excluding hydrogens is 396 g/mol. The van der Waals surface area contributed by atoms with Crippen molar-refractivity contribution in [2.75, 3.05) is 19.6 Å². The number of nitrogens with two attached hydrogens (primary N) is 1. The van der Waals surface area contributed by atoms with Crippen LogP contribution in [-0.2, 0) is 25.7 Å². The zero-order chi connectivity index (χ0) is 22.3. The molecule has 2 aliphatic rings. The van der Waals surface area contributed by atoms with Gasteiger partial charge in [-0.3, -0.25) is 14.4 Å². The van der Waals surface area contributed by atoms with Gasteiger partial charge in [-0.05, 0) is 50.8 Å². The van der Waals surface area contributed by atoms with E-state index in [1.165, 1.54) is 0 Å². The lowest BCUT2D eigenvalue weighted by molar-refractivity contribution is -0.160. The van der Waals surface area contributed by atoms with Gasteiger partial charge in [-0.25, -0.2) is 0 Å². The Bertz CT molecular complexity index is 764. The number of piperidine rings is 1.